The zero-order chi connectivity index (χ0) is 21.8. The Kier molecular flexibility index (Phi) is 4.66. The van der Waals surface area contributed by atoms with E-state index in [4.69, 9.17) is 0 Å². The highest BCUT2D eigenvalue weighted by atomic mass is 19.1. The second-order valence-electron chi connectivity index (χ2n) is 8.95. The quantitative estimate of drug-likeness (QED) is 0.688. The Morgan fingerprint density at radius 3 is 2.68 bits per heavy atom. The first-order valence-corrected chi connectivity index (χ1v) is 10.6. The van der Waals surface area contributed by atoms with E-state index < -0.39 is 5.54 Å². The van der Waals surface area contributed by atoms with Crippen molar-refractivity contribution < 1.29 is 9.18 Å². The molecule has 5 rings (SSSR count). The summed E-state index contributed by atoms with van der Waals surface area (Å²) in [4.78, 5) is 17.8. The summed E-state index contributed by atoms with van der Waals surface area (Å²) in [7, 11) is 4.18. The Morgan fingerprint density at radius 2 is 1.97 bits per heavy atom. The van der Waals surface area contributed by atoms with Crippen molar-refractivity contribution in [1.82, 2.24) is 20.4 Å². The molecular weight excluding hydrogens is 393 g/mol. The van der Waals surface area contributed by atoms with Gasteiger partial charge in [-0.05, 0) is 57.6 Å². The van der Waals surface area contributed by atoms with Crippen LogP contribution in [0.3, 0.4) is 0 Å². The summed E-state index contributed by atoms with van der Waals surface area (Å²) < 4.78 is 14.2. The van der Waals surface area contributed by atoms with Crippen LogP contribution in [0.4, 0.5) is 10.1 Å². The van der Waals surface area contributed by atoms with E-state index in [0.29, 0.717) is 28.1 Å². The van der Waals surface area contributed by atoms with Crippen molar-refractivity contribution in [2.75, 3.05) is 32.1 Å². The van der Waals surface area contributed by atoms with Crippen LogP contribution in [0.1, 0.15) is 34.5 Å². The van der Waals surface area contributed by atoms with Crippen molar-refractivity contribution in [2.45, 2.75) is 31.3 Å². The molecule has 0 spiro atoms. The summed E-state index contributed by atoms with van der Waals surface area (Å²) in [6.07, 6.45) is 2.96. The zero-order valence-corrected chi connectivity index (χ0v) is 18.0. The number of fused-ring (bicyclic) bond motifs is 1. The Morgan fingerprint density at radius 1 is 1.19 bits per heavy atom. The molecule has 1 aromatic heterocycles. The minimum atomic E-state index is -0.591. The van der Waals surface area contributed by atoms with Crippen molar-refractivity contribution in [2.24, 2.45) is 0 Å². The lowest BCUT2D eigenvalue weighted by molar-refractivity contribution is 0.0929. The number of carbonyl (C=O) groups is 1. The van der Waals surface area contributed by atoms with Crippen molar-refractivity contribution in [3.8, 4) is 0 Å². The number of aromatic nitrogens is 2. The molecule has 0 atom stereocenters. The topological polar surface area (TPSA) is 61.4 Å². The van der Waals surface area contributed by atoms with Gasteiger partial charge in [0.2, 0.25) is 0 Å². The van der Waals surface area contributed by atoms with Gasteiger partial charge in [0.15, 0.2) is 0 Å². The molecule has 2 heterocycles. The number of benzene rings is 2. The third-order valence-corrected chi connectivity index (χ3v) is 6.63. The van der Waals surface area contributed by atoms with E-state index in [1.54, 1.807) is 6.07 Å². The SMILES string of the molecule is Cc1ccc(N2CC(N(C)C)C2)cc1C(=O)NC1(c2nncc3c(F)cccc23)CC1. The van der Waals surface area contributed by atoms with E-state index in [0.717, 1.165) is 37.2 Å². The number of hydrogen-bond acceptors (Lipinski definition) is 5. The van der Waals surface area contributed by atoms with Crippen LogP contribution < -0.4 is 10.2 Å². The van der Waals surface area contributed by atoms with Gasteiger partial charge >= 0.3 is 0 Å². The fraction of sp³-hybridized carbons (Fsp3) is 0.375. The number of rotatable bonds is 5. The highest BCUT2D eigenvalue weighted by Crippen LogP contribution is 2.47. The normalized spacial score (nSPS) is 17.6. The van der Waals surface area contributed by atoms with Gasteiger partial charge in [0, 0.05) is 41.2 Å². The van der Waals surface area contributed by atoms with Gasteiger partial charge in [-0.2, -0.15) is 10.2 Å². The second kappa shape index (κ2) is 7.27. The summed E-state index contributed by atoms with van der Waals surface area (Å²) in [5.41, 5.74) is 2.70. The van der Waals surface area contributed by atoms with E-state index in [1.807, 2.05) is 25.1 Å². The molecule has 2 aliphatic rings. The van der Waals surface area contributed by atoms with Crippen molar-refractivity contribution in [1.29, 1.82) is 0 Å². The van der Waals surface area contributed by atoms with Crippen LogP contribution in [-0.2, 0) is 5.54 Å². The first-order valence-electron chi connectivity index (χ1n) is 10.6. The Bertz CT molecular complexity index is 1170. The molecule has 7 heteroatoms. The molecule has 1 saturated carbocycles. The third-order valence-electron chi connectivity index (χ3n) is 6.63. The molecule has 6 nitrogen and oxygen atoms in total. The molecule has 2 aromatic carbocycles. The van der Waals surface area contributed by atoms with Gasteiger partial charge in [0.05, 0.1) is 17.4 Å². The molecule has 1 amide bonds. The van der Waals surface area contributed by atoms with Gasteiger partial charge in [-0.15, -0.1) is 0 Å². The third kappa shape index (κ3) is 3.43. The van der Waals surface area contributed by atoms with Gasteiger partial charge in [0.25, 0.3) is 5.91 Å². The number of nitrogens with zero attached hydrogens (tertiary/aromatic N) is 4. The van der Waals surface area contributed by atoms with Crippen LogP contribution in [0.25, 0.3) is 10.8 Å². The number of hydrogen-bond donors (Lipinski definition) is 1. The molecule has 0 bridgehead atoms. The second-order valence-corrected chi connectivity index (χ2v) is 8.95. The van der Waals surface area contributed by atoms with Gasteiger partial charge in [-0.3, -0.25) is 4.79 Å². The number of halogens is 1. The summed E-state index contributed by atoms with van der Waals surface area (Å²) in [6.45, 7) is 3.86. The summed E-state index contributed by atoms with van der Waals surface area (Å²) in [6, 6.07) is 11.5. The molecular formula is C24H26FN5O. The number of likely N-dealkylation sites (N-methyl/N-ethyl adjacent to an activating group) is 1. The van der Waals surface area contributed by atoms with Crippen LogP contribution in [0.2, 0.25) is 0 Å². The van der Waals surface area contributed by atoms with Crippen molar-refractivity contribution in [3.63, 3.8) is 0 Å². The zero-order valence-electron chi connectivity index (χ0n) is 18.0. The highest BCUT2D eigenvalue weighted by Gasteiger charge is 2.48. The number of aryl methyl sites for hydroxylation is 1. The first-order chi connectivity index (χ1) is 14.9. The molecule has 31 heavy (non-hydrogen) atoms. The lowest BCUT2D eigenvalue weighted by Gasteiger charge is -2.44. The monoisotopic (exact) mass is 419 g/mol. The number of anilines is 1. The lowest BCUT2D eigenvalue weighted by Crippen LogP contribution is -2.57. The number of amides is 1. The number of carbonyl (C=O) groups excluding carboxylic acids is 1. The van der Waals surface area contributed by atoms with Gasteiger partial charge in [0.1, 0.15) is 5.82 Å². The first kappa shape index (κ1) is 19.9. The maximum Gasteiger partial charge on any atom is 0.252 e. The van der Waals surface area contributed by atoms with Crippen LogP contribution >= 0.6 is 0 Å². The lowest BCUT2D eigenvalue weighted by atomic mass is 10.0. The molecule has 1 saturated heterocycles. The van der Waals surface area contributed by atoms with E-state index in [9.17, 15) is 9.18 Å². The molecule has 0 unspecified atom stereocenters. The molecule has 3 aromatic rings. The molecule has 1 aliphatic carbocycles. The van der Waals surface area contributed by atoms with Crippen molar-refractivity contribution in [3.05, 3.63) is 65.2 Å². The fourth-order valence-electron chi connectivity index (χ4n) is 4.30. The Labute approximate surface area is 181 Å². The van der Waals surface area contributed by atoms with Crippen LogP contribution in [0.15, 0.2) is 42.6 Å². The molecule has 1 N–H and O–H groups in total. The molecule has 1 aliphatic heterocycles. The predicted octanol–water partition coefficient (Wildman–Crippen LogP) is 3.25. The van der Waals surface area contributed by atoms with Gasteiger partial charge in [-0.25, -0.2) is 4.39 Å². The summed E-state index contributed by atoms with van der Waals surface area (Å²) in [5, 5.41) is 12.6. The average molecular weight is 420 g/mol. The molecule has 0 radical (unpaired) electrons. The average Bonchev–Trinajstić information content (AvgIpc) is 3.48. The minimum Gasteiger partial charge on any atom is -0.368 e. The number of nitrogens with one attached hydrogen (secondary N) is 1. The standard InChI is InChI=1S/C24H26FN5O/c1-15-7-8-16(30-13-17(14-30)29(2)3)11-19(15)23(31)27-24(9-10-24)22-18-5-4-6-21(25)20(18)12-26-28-22/h4-8,11-12,17H,9-10,13-14H2,1-3H3,(H,27,31). The maximum atomic E-state index is 14.2. The van der Waals surface area contributed by atoms with Crippen LogP contribution in [-0.4, -0.2) is 54.2 Å². The summed E-state index contributed by atoms with van der Waals surface area (Å²) >= 11 is 0. The largest absolute Gasteiger partial charge is 0.368 e. The van der Waals surface area contributed by atoms with Crippen molar-refractivity contribution >= 4 is 22.4 Å². The molecule has 2 fully saturated rings. The highest BCUT2D eigenvalue weighted by molar-refractivity contribution is 5.98. The predicted molar refractivity (Wildman–Crippen MR) is 119 cm³/mol. The van der Waals surface area contributed by atoms with Crippen LogP contribution in [0, 0.1) is 12.7 Å². The van der Waals surface area contributed by atoms with E-state index in [-0.39, 0.29) is 11.7 Å². The Balaban J connectivity index is 1.41. The minimum absolute atomic E-state index is 0.128. The van der Waals surface area contributed by atoms with Gasteiger partial charge < -0.3 is 15.1 Å². The van der Waals surface area contributed by atoms with E-state index >= 15 is 0 Å². The summed E-state index contributed by atoms with van der Waals surface area (Å²) in [5.74, 6) is -0.457. The van der Waals surface area contributed by atoms with Crippen LogP contribution in [0.5, 0.6) is 0 Å². The van der Waals surface area contributed by atoms with E-state index in [1.165, 1.54) is 12.3 Å². The van der Waals surface area contributed by atoms with Gasteiger partial charge in [-0.1, -0.05) is 18.2 Å². The maximum absolute atomic E-state index is 14.2. The molecule has 160 valence electrons. The van der Waals surface area contributed by atoms with E-state index in [2.05, 4.69) is 45.5 Å². The Hall–Kier alpha value is -3.06. The smallest absolute Gasteiger partial charge is 0.252 e. The fourth-order valence-corrected chi connectivity index (χ4v) is 4.30.